The molecule has 1 aliphatic carbocycles. The van der Waals surface area contributed by atoms with Gasteiger partial charge in [-0.2, -0.15) is 0 Å². The molecule has 2 aliphatic rings. The maximum absolute atomic E-state index is 13.0. The third kappa shape index (κ3) is 4.07. The summed E-state index contributed by atoms with van der Waals surface area (Å²) >= 11 is 0. The Kier molecular flexibility index (Phi) is 5.19. The third-order valence-electron chi connectivity index (χ3n) is 6.38. The average molecular weight is 396 g/mol. The molecule has 0 radical (unpaired) electrons. The van der Waals surface area contributed by atoms with E-state index in [2.05, 4.69) is 31.1 Å². The van der Waals surface area contributed by atoms with Crippen LogP contribution >= 0.6 is 0 Å². The highest BCUT2D eigenvalue weighted by atomic mass is 16.3. The molecule has 1 saturated heterocycles. The SMILES string of the molecule is C[C@@H]1CN(C(=O)C2CCC(C)(C)C2)C[C@H]1NC(=O)c1ncoc1-c1ccccc1. The van der Waals surface area contributed by atoms with Crippen LogP contribution in [0.5, 0.6) is 0 Å². The highest BCUT2D eigenvalue weighted by molar-refractivity contribution is 5.97. The number of benzene rings is 1. The quantitative estimate of drug-likeness (QED) is 0.856. The van der Waals surface area contributed by atoms with Crippen LogP contribution in [0.3, 0.4) is 0 Å². The summed E-state index contributed by atoms with van der Waals surface area (Å²) in [6.45, 7) is 7.79. The van der Waals surface area contributed by atoms with Crippen molar-refractivity contribution in [2.24, 2.45) is 17.3 Å². The second-order valence-electron chi connectivity index (χ2n) is 9.30. The molecule has 2 aromatic rings. The van der Waals surface area contributed by atoms with E-state index in [0.717, 1.165) is 24.8 Å². The van der Waals surface area contributed by atoms with Gasteiger partial charge in [0.2, 0.25) is 5.91 Å². The number of likely N-dealkylation sites (tertiary alicyclic amines) is 1. The van der Waals surface area contributed by atoms with Crippen molar-refractivity contribution in [3.63, 3.8) is 0 Å². The fourth-order valence-electron chi connectivity index (χ4n) is 4.68. The van der Waals surface area contributed by atoms with Gasteiger partial charge in [-0.1, -0.05) is 51.1 Å². The Morgan fingerprint density at radius 2 is 1.97 bits per heavy atom. The molecule has 2 fully saturated rings. The van der Waals surface area contributed by atoms with Crippen LogP contribution in [0.15, 0.2) is 41.1 Å². The molecule has 0 bridgehead atoms. The summed E-state index contributed by atoms with van der Waals surface area (Å²) in [5, 5.41) is 3.08. The van der Waals surface area contributed by atoms with E-state index in [1.165, 1.54) is 6.39 Å². The highest BCUT2D eigenvalue weighted by Gasteiger charge is 2.41. The van der Waals surface area contributed by atoms with Crippen LogP contribution < -0.4 is 5.32 Å². The van der Waals surface area contributed by atoms with Gasteiger partial charge in [0.25, 0.3) is 5.91 Å². The molecule has 154 valence electrons. The molecule has 1 saturated carbocycles. The van der Waals surface area contributed by atoms with Crippen LogP contribution in [0.4, 0.5) is 0 Å². The van der Waals surface area contributed by atoms with Gasteiger partial charge in [0.15, 0.2) is 17.8 Å². The van der Waals surface area contributed by atoms with Gasteiger partial charge >= 0.3 is 0 Å². The van der Waals surface area contributed by atoms with Gasteiger partial charge < -0.3 is 14.6 Å². The number of nitrogens with zero attached hydrogens (tertiary/aromatic N) is 2. The van der Waals surface area contributed by atoms with Crippen LogP contribution in [0.1, 0.15) is 50.5 Å². The molecule has 1 N–H and O–H groups in total. The van der Waals surface area contributed by atoms with E-state index >= 15 is 0 Å². The van der Waals surface area contributed by atoms with E-state index in [1.807, 2.05) is 35.2 Å². The van der Waals surface area contributed by atoms with Crippen molar-refractivity contribution in [3.8, 4) is 11.3 Å². The predicted octanol–water partition coefficient (Wildman–Crippen LogP) is 3.74. The van der Waals surface area contributed by atoms with Crippen molar-refractivity contribution in [1.82, 2.24) is 15.2 Å². The van der Waals surface area contributed by atoms with Crippen molar-refractivity contribution >= 4 is 11.8 Å². The number of carbonyl (C=O) groups is 2. The zero-order valence-electron chi connectivity index (χ0n) is 17.4. The second kappa shape index (κ2) is 7.65. The topological polar surface area (TPSA) is 75.4 Å². The first-order valence-electron chi connectivity index (χ1n) is 10.4. The van der Waals surface area contributed by atoms with Gasteiger partial charge in [0.1, 0.15) is 0 Å². The Bertz CT molecular complexity index is 890. The van der Waals surface area contributed by atoms with E-state index < -0.39 is 0 Å². The number of amides is 2. The summed E-state index contributed by atoms with van der Waals surface area (Å²) in [5.74, 6) is 0.766. The summed E-state index contributed by atoms with van der Waals surface area (Å²) in [5.41, 5.74) is 1.35. The Morgan fingerprint density at radius 1 is 1.21 bits per heavy atom. The smallest absolute Gasteiger partial charge is 0.274 e. The first-order chi connectivity index (χ1) is 13.8. The molecule has 1 aliphatic heterocycles. The number of oxazole rings is 1. The molecular weight excluding hydrogens is 366 g/mol. The fourth-order valence-corrected chi connectivity index (χ4v) is 4.68. The zero-order chi connectivity index (χ0) is 20.6. The highest BCUT2D eigenvalue weighted by Crippen LogP contribution is 2.42. The average Bonchev–Trinajstić information content (AvgIpc) is 3.41. The summed E-state index contributed by atoms with van der Waals surface area (Å²) in [4.78, 5) is 31.9. The number of rotatable bonds is 4. The fraction of sp³-hybridized carbons (Fsp3) is 0.522. The largest absolute Gasteiger partial charge is 0.443 e. The van der Waals surface area contributed by atoms with E-state index in [4.69, 9.17) is 4.42 Å². The van der Waals surface area contributed by atoms with Gasteiger partial charge in [0, 0.05) is 24.6 Å². The molecule has 2 heterocycles. The molecule has 6 heteroatoms. The van der Waals surface area contributed by atoms with Gasteiger partial charge in [0.05, 0.1) is 6.04 Å². The number of carbonyl (C=O) groups excluding carboxylic acids is 2. The number of aromatic nitrogens is 1. The minimum atomic E-state index is -0.259. The number of nitrogens with one attached hydrogen (secondary N) is 1. The summed E-state index contributed by atoms with van der Waals surface area (Å²) in [6, 6.07) is 9.40. The van der Waals surface area contributed by atoms with E-state index in [-0.39, 0.29) is 40.8 Å². The summed E-state index contributed by atoms with van der Waals surface area (Å²) in [7, 11) is 0. The number of hydrogen-bond acceptors (Lipinski definition) is 4. The Morgan fingerprint density at radius 3 is 2.66 bits per heavy atom. The van der Waals surface area contributed by atoms with Gasteiger partial charge in [-0.25, -0.2) is 4.98 Å². The normalized spacial score (nSPS) is 25.9. The maximum atomic E-state index is 13.0. The van der Waals surface area contributed by atoms with Crippen molar-refractivity contribution in [2.45, 2.75) is 46.1 Å². The van der Waals surface area contributed by atoms with Crippen molar-refractivity contribution in [2.75, 3.05) is 13.1 Å². The molecule has 6 nitrogen and oxygen atoms in total. The standard InChI is InChI=1S/C23H29N3O3/c1-15-12-26(22(28)17-9-10-23(2,3)11-17)13-18(15)25-21(27)19-20(29-14-24-19)16-7-5-4-6-8-16/h4-8,14-15,17-18H,9-13H2,1-3H3,(H,25,27)/t15-,17?,18-/m1/s1. The lowest BCUT2D eigenvalue weighted by atomic mass is 9.90. The minimum absolute atomic E-state index is 0.0822. The molecule has 1 unspecified atom stereocenters. The van der Waals surface area contributed by atoms with Crippen LogP contribution in [0, 0.1) is 17.3 Å². The number of hydrogen-bond donors (Lipinski definition) is 1. The van der Waals surface area contributed by atoms with Crippen molar-refractivity contribution in [1.29, 1.82) is 0 Å². The van der Waals surface area contributed by atoms with Crippen molar-refractivity contribution in [3.05, 3.63) is 42.4 Å². The monoisotopic (exact) mass is 395 g/mol. The Labute approximate surface area is 171 Å². The Balaban J connectivity index is 1.41. The van der Waals surface area contributed by atoms with Crippen molar-refractivity contribution < 1.29 is 14.0 Å². The molecule has 0 spiro atoms. The lowest BCUT2D eigenvalue weighted by molar-refractivity contribution is -0.134. The van der Waals surface area contributed by atoms with Gasteiger partial charge in [-0.3, -0.25) is 9.59 Å². The molecule has 1 aromatic heterocycles. The first kappa shape index (κ1) is 19.7. The third-order valence-corrected chi connectivity index (χ3v) is 6.38. The second-order valence-corrected chi connectivity index (χ2v) is 9.30. The molecule has 3 atom stereocenters. The molecule has 4 rings (SSSR count). The summed E-state index contributed by atoms with van der Waals surface area (Å²) < 4.78 is 5.47. The predicted molar refractivity (Wildman–Crippen MR) is 110 cm³/mol. The zero-order valence-corrected chi connectivity index (χ0v) is 17.4. The molecule has 2 amide bonds. The van der Waals surface area contributed by atoms with Gasteiger partial charge in [-0.15, -0.1) is 0 Å². The molecular formula is C23H29N3O3. The van der Waals surface area contributed by atoms with E-state index in [1.54, 1.807) is 0 Å². The minimum Gasteiger partial charge on any atom is -0.443 e. The van der Waals surface area contributed by atoms with Gasteiger partial charge in [-0.05, 0) is 30.6 Å². The Hall–Kier alpha value is -2.63. The lowest BCUT2D eigenvalue weighted by Gasteiger charge is -2.22. The van der Waals surface area contributed by atoms with Crippen LogP contribution in [0.2, 0.25) is 0 Å². The van der Waals surface area contributed by atoms with E-state index in [0.29, 0.717) is 18.8 Å². The molecule has 29 heavy (non-hydrogen) atoms. The van der Waals surface area contributed by atoms with Crippen LogP contribution in [-0.2, 0) is 4.79 Å². The van der Waals surface area contributed by atoms with Crippen LogP contribution in [0.25, 0.3) is 11.3 Å². The van der Waals surface area contributed by atoms with E-state index in [9.17, 15) is 9.59 Å². The first-order valence-corrected chi connectivity index (χ1v) is 10.4. The van der Waals surface area contributed by atoms with Crippen LogP contribution in [-0.4, -0.2) is 40.8 Å². The summed E-state index contributed by atoms with van der Waals surface area (Å²) in [6.07, 6.45) is 4.31. The lowest BCUT2D eigenvalue weighted by Crippen LogP contribution is -2.41. The maximum Gasteiger partial charge on any atom is 0.274 e. The molecule has 1 aromatic carbocycles.